The normalized spacial score (nSPS) is 45.2. The Balaban J connectivity index is 1.19. The zero-order chi connectivity index (χ0) is 39.1. The third kappa shape index (κ3) is 6.66. The molecular formula is C41H58O13. The molecule has 13 heteroatoms. The second kappa shape index (κ2) is 14.5. The van der Waals surface area contributed by atoms with Gasteiger partial charge in [0.15, 0.2) is 0 Å². The Bertz CT molecular complexity index is 1530. The maximum absolute atomic E-state index is 13.8. The average molecular weight is 759 g/mol. The van der Waals surface area contributed by atoms with Gasteiger partial charge in [0.05, 0.1) is 54.3 Å². The van der Waals surface area contributed by atoms with Gasteiger partial charge in [-0.05, 0) is 125 Å². The van der Waals surface area contributed by atoms with Crippen LogP contribution in [-0.4, -0.2) is 82.2 Å². The molecule has 300 valence electrons. The number of carboxylic acids is 2. The summed E-state index contributed by atoms with van der Waals surface area (Å²) in [4.78, 5) is 78.2. The molecule has 3 aliphatic heterocycles. The van der Waals surface area contributed by atoms with E-state index in [4.69, 9.17) is 18.9 Å². The molecule has 0 aromatic rings. The summed E-state index contributed by atoms with van der Waals surface area (Å²) >= 11 is 0. The second-order valence-corrected chi connectivity index (χ2v) is 19.2. The number of cyclic esters (lactones) is 2. The number of carboxylic acid groups (broad SMARTS) is 2. The van der Waals surface area contributed by atoms with Crippen LogP contribution < -0.4 is 0 Å². The molecule has 0 aromatic heterocycles. The molecule has 3 saturated heterocycles. The van der Waals surface area contributed by atoms with Crippen molar-refractivity contribution < 1.29 is 63.0 Å². The summed E-state index contributed by atoms with van der Waals surface area (Å²) in [5, 5.41) is 30.4. The maximum Gasteiger partial charge on any atom is 0.317 e. The van der Waals surface area contributed by atoms with Crippen molar-refractivity contribution >= 4 is 35.8 Å². The van der Waals surface area contributed by atoms with Gasteiger partial charge in [0.25, 0.3) is 0 Å². The fraction of sp³-hybridized carbons (Fsp3) is 0.854. The summed E-state index contributed by atoms with van der Waals surface area (Å²) in [6.45, 7) is 11.2. The minimum absolute atomic E-state index is 0.0599. The Kier molecular flexibility index (Phi) is 10.5. The minimum Gasteiger partial charge on any atom is -0.481 e. The SMILES string of the molecule is CC(CO)COC(=O)C1CC2OC1C(CCC1C3CC(C(=O)OC(C)(C)C)C(C3)C1C1C(CC3C(=O)OC(=O)C3C)C3CC1C(C(=O)O)C3C(=O)O)C2C. The zero-order valence-corrected chi connectivity index (χ0v) is 32.3. The Labute approximate surface area is 316 Å². The molecule has 7 fully saturated rings. The van der Waals surface area contributed by atoms with Gasteiger partial charge in [-0.1, -0.05) is 20.8 Å². The number of aliphatic hydroxyl groups is 1. The molecule has 0 radical (unpaired) electrons. The first-order chi connectivity index (χ1) is 25.4. The number of ether oxygens (including phenoxy) is 4. The van der Waals surface area contributed by atoms with E-state index in [0.29, 0.717) is 19.3 Å². The van der Waals surface area contributed by atoms with Gasteiger partial charge < -0.3 is 34.3 Å². The summed E-state index contributed by atoms with van der Waals surface area (Å²) in [7, 11) is 0. The van der Waals surface area contributed by atoms with E-state index in [9.17, 15) is 44.1 Å². The van der Waals surface area contributed by atoms with Crippen LogP contribution in [0.5, 0.6) is 0 Å². The zero-order valence-electron chi connectivity index (χ0n) is 32.3. The highest BCUT2D eigenvalue weighted by molar-refractivity contribution is 5.96. The molecule has 4 saturated carbocycles. The van der Waals surface area contributed by atoms with Crippen LogP contribution >= 0.6 is 0 Å². The van der Waals surface area contributed by atoms with Crippen LogP contribution in [0.25, 0.3) is 0 Å². The average Bonchev–Trinajstić information content (AvgIpc) is 3.96. The van der Waals surface area contributed by atoms with Gasteiger partial charge in [0.2, 0.25) is 0 Å². The Hall–Kier alpha value is -3.06. The van der Waals surface area contributed by atoms with E-state index in [1.165, 1.54) is 0 Å². The second-order valence-electron chi connectivity index (χ2n) is 19.2. The molecule has 6 bridgehead atoms. The lowest BCUT2D eigenvalue weighted by molar-refractivity contribution is -0.166. The van der Waals surface area contributed by atoms with Gasteiger partial charge in [-0.15, -0.1) is 0 Å². The molecule has 54 heavy (non-hydrogen) atoms. The molecule has 19 atom stereocenters. The van der Waals surface area contributed by atoms with Crippen molar-refractivity contribution in [2.75, 3.05) is 13.2 Å². The fourth-order valence-corrected chi connectivity index (χ4v) is 13.0. The van der Waals surface area contributed by atoms with Crippen molar-refractivity contribution in [3.63, 3.8) is 0 Å². The Morgan fingerprint density at radius 3 is 2.06 bits per heavy atom. The molecule has 0 spiro atoms. The molecule has 19 unspecified atom stereocenters. The van der Waals surface area contributed by atoms with E-state index in [-0.39, 0.29) is 109 Å². The van der Waals surface area contributed by atoms with Crippen LogP contribution in [-0.2, 0) is 47.7 Å². The summed E-state index contributed by atoms with van der Waals surface area (Å²) in [6.07, 6.45) is 3.88. The molecule has 7 rings (SSSR count). The topological polar surface area (TPSA) is 200 Å². The number of esters is 4. The van der Waals surface area contributed by atoms with E-state index in [0.717, 1.165) is 19.3 Å². The summed E-state index contributed by atoms with van der Waals surface area (Å²) in [5.41, 5.74) is -0.691. The van der Waals surface area contributed by atoms with Crippen molar-refractivity contribution in [1.82, 2.24) is 0 Å². The van der Waals surface area contributed by atoms with Crippen molar-refractivity contribution in [1.29, 1.82) is 0 Å². The highest BCUT2D eigenvalue weighted by Crippen LogP contribution is 2.69. The highest BCUT2D eigenvalue weighted by Gasteiger charge is 2.69. The van der Waals surface area contributed by atoms with Crippen LogP contribution in [0, 0.1) is 101 Å². The number of carbonyl (C=O) groups excluding carboxylic acids is 4. The maximum atomic E-state index is 13.8. The minimum atomic E-state index is -1.16. The third-order valence-electron chi connectivity index (χ3n) is 15.2. The van der Waals surface area contributed by atoms with E-state index in [2.05, 4.69) is 6.92 Å². The summed E-state index contributed by atoms with van der Waals surface area (Å²) in [5.74, 6) is -9.81. The lowest BCUT2D eigenvalue weighted by Crippen LogP contribution is -2.49. The van der Waals surface area contributed by atoms with Gasteiger partial charge >= 0.3 is 35.8 Å². The number of carbonyl (C=O) groups is 6. The molecule has 13 nitrogen and oxygen atoms in total. The lowest BCUT2D eigenvalue weighted by atomic mass is 9.55. The van der Waals surface area contributed by atoms with Gasteiger partial charge in [0.1, 0.15) is 5.60 Å². The van der Waals surface area contributed by atoms with Crippen molar-refractivity contribution in [3.8, 4) is 0 Å². The first-order valence-corrected chi connectivity index (χ1v) is 20.3. The van der Waals surface area contributed by atoms with Crippen LogP contribution in [0.1, 0.15) is 86.5 Å². The van der Waals surface area contributed by atoms with Crippen molar-refractivity contribution in [3.05, 3.63) is 0 Å². The van der Waals surface area contributed by atoms with E-state index in [1.54, 1.807) is 6.92 Å². The fourth-order valence-electron chi connectivity index (χ4n) is 13.0. The number of hydrogen-bond donors (Lipinski definition) is 3. The van der Waals surface area contributed by atoms with Gasteiger partial charge in [-0.3, -0.25) is 28.8 Å². The smallest absolute Gasteiger partial charge is 0.317 e. The van der Waals surface area contributed by atoms with Crippen LogP contribution in [0.3, 0.4) is 0 Å². The number of fused-ring (bicyclic) bond motifs is 6. The molecular weight excluding hydrogens is 700 g/mol. The number of aliphatic hydroxyl groups excluding tert-OH is 1. The summed E-state index contributed by atoms with van der Waals surface area (Å²) in [6, 6.07) is 0. The van der Waals surface area contributed by atoms with Crippen molar-refractivity contribution in [2.24, 2.45) is 101 Å². The number of aliphatic carboxylic acids is 2. The van der Waals surface area contributed by atoms with E-state index >= 15 is 0 Å². The van der Waals surface area contributed by atoms with Gasteiger partial charge in [-0.25, -0.2) is 0 Å². The standard InChI is InChI=1S/C41H58O13/c1-16(14-42)15-51-38(48)28-13-29-17(2)20(34(28)52-29)7-8-21-19-9-23(26(10-19)40(50)54-41(4,5)6)30(21)31-24(11-22-18(3)37(47)53-39(22)49)25-12-27(31)33(36(45)46)32(25)35(43)44/h16-34,42H,7-15H2,1-6H3,(H,43,44)(H,45,46). The predicted octanol–water partition coefficient (Wildman–Crippen LogP) is 4.22. The molecule has 0 aromatic carbocycles. The third-order valence-corrected chi connectivity index (χ3v) is 15.2. The predicted molar refractivity (Wildman–Crippen MR) is 188 cm³/mol. The molecule has 4 aliphatic carbocycles. The van der Waals surface area contributed by atoms with Crippen LogP contribution in [0.15, 0.2) is 0 Å². The van der Waals surface area contributed by atoms with Crippen molar-refractivity contribution in [2.45, 2.75) is 104 Å². The summed E-state index contributed by atoms with van der Waals surface area (Å²) < 4.78 is 22.9. The molecule has 3 N–H and O–H groups in total. The first kappa shape index (κ1) is 39.2. The van der Waals surface area contributed by atoms with Crippen LogP contribution in [0.4, 0.5) is 0 Å². The number of rotatable bonds is 13. The quantitative estimate of drug-likeness (QED) is 0.137. The lowest BCUT2D eigenvalue weighted by Gasteiger charge is -2.48. The van der Waals surface area contributed by atoms with Crippen LogP contribution in [0.2, 0.25) is 0 Å². The Morgan fingerprint density at radius 2 is 1.46 bits per heavy atom. The van der Waals surface area contributed by atoms with Gasteiger partial charge in [-0.2, -0.15) is 0 Å². The monoisotopic (exact) mass is 758 g/mol. The molecule has 7 aliphatic rings. The van der Waals surface area contributed by atoms with E-state index < -0.39 is 65.0 Å². The Morgan fingerprint density at radius 1 is 0.815 bits per heavy atom. The molecule has 3 heterocycles. The first-order valence-electron chi connectivity index (χ1n) is 20.3. The number of hydrogen-bond acceptors (Lipinski definition) is 11. The van der Waals surface area contributed by atoms with Gasteiger partial charge in [0, 0.05) is 12.5 Å². The largest absolute Gasteiger partial charge is 0.481 e. The van der Waals surface area contributed by atoms with E-state index in [1.807, 2.05) is 27.7 Å². The molecule has 0 amide bonds. The highest BCUT2D eigenvalue weighted by atomic mass is 16.6.